The van der Waals surface area contributed by atoms with Gasteiger partial charge in [-0.05, 0) is 6.42 Å². The molecule has 0 spiro atoms. The van der Waals surface area contributed by atoms with E-state index < -0.39 is 0 Å². The summed E-state index contributed by atoms with van der Waals surface area (Å²) in [6.45, 7) is 3.47. The number of hydrogen-bond donors (Lipinski definition) is 0. The van der Waals surface area contributed by atoms with Crippen LogP contribution in [0.2, 0.25) is 0 Å². The minimum absolute atomic E-state index is 0. The van der Waals surface area contributed by atoms with Crippen LogP contribution < -0.4 is 17.0 Å². The van der Waals surface area contributed by atoms with E-state index in [9.17, 15) is 4.79 Å². The lowest BCUT2D eigenvalue weighted by Gasteiger charge is -2.46. The Labute approximate surface area is 126 Å². The first-order chi connectivity index (χ1) is 8.63. The van der Waals surface area contributed by atoms with Gasteiger partial charge in [-0.1, -0.05) is 30.3 Å². The number of Topliss-reactive ketones (excluding diaryl/α,β-unsaturated/α-hetero) is 1. The van der Waals surface area contributed by atoms with Gasteiger partial charge in [-0.2, -0.15) is 0 Å². The van der Waals surface area contributed by atoms with Crippen LogP contribution in [-0.2, 0) is 11.3 Å². The SMILES string of the molecule is C[N+]1(Cc2ccccc2)C[C@@H]2CC(=O)C[C@@H](C2)C1.[Br-]. The molecule has 2 bridgehead atoms. The van der Waals surface area contributed by atoms with Crippen molar-refractivity contribution in [3.8, 4) is 0 Å². The second-order valence-corrected chi connectivity index (χ2v) is 6.54. The lowest BCUT2D eigenvalue weighted by Crippen LogP contribution is -3.00. The van der Waals surface area contributed by atoms with E-state index in [0.717, 1.165) is 23.9 Å². The number of fused-ring (bicyclic) bond motifs is 2. The molecular weight excluding hydrogens is 302 g/mol. The van der Waals surface area contributed by atoms with Crippen molar-refractivity contribution in [2.24, 2.45) is 11.8 Å². The number of benzene rings is 1. The van der Waals surface area contributed by atoms with E-state index in [1.807, 2.05) is 0 Å². The summed E-state index contributed by atoms with van der Waals surface area (Å²) in [7, 11) is 2.36. The van der Waals surface area contributed by atoms with Gasteiger partial charge in [0.1, 0.15) is 12.3 Å². The smallest absolute Gasteiger partial charge is 0.133 e. The minimum atomic E-state index is 0. The fraction of sp³-hybridized carbons (Fsp3) is 0.562. The molecule has 1 saturated carbocycles. The first-order valence-corrected chi connectivity index (χ1v) is 7.02. The number of piperidine rings is 1. The van der Waals surface area contributed by atoms with Gasteiger partial charge in [0, 0.05) is 30.2 Å². The third-order valence-corrected chi connectivity index (χ3v) is 4.50. The molecule has 0 N–H and O–H groups in total. The number of carbonyl (C=O) groups is 1. The molecule has 3 atom stereocenters. The molecule has 104 valence electrons. The van der Waals surface area contributed by atoms with Crippen molar-refractivity contribution in [2.75, 3.05) is 20.1 Å². The zero-order valence-electron chi connectivity index (χ0n) is 11.5. The van der Waals surface area contributed by atoms with E-state index in [-0.39, 0.29) is 17.0 Å². The summed E-state index contributed by atoms with van der Waals surface area (Å²) in [5.41, 5.74) is 1.42. The monoisotopic (exact) mass is 323 g/mol. The zero-order valence-corrected chi connectivity index (χ0v) is 13.1. The minimum Gasteiger partial charge on any atom is -1.00 e. The molecular formula is C16H22BrNO. The molecule has 19 heavy (non-hydrogen) atoms. The van der Waals surface area contributed by atoms with Crippen LogP contribution in [0.4, 0.5) is 0 Å². The second-order valence-electron chi connectivity index (χ2n) is 6.54. The number of quaternary nitrogens is 1. The van der Waals surface area contributed by atoms with Crippen LogP contribution in [0.1, 0.15) is 24.8 Å². The first-order valence-electron chi connectivity index (χ1n) is 7.02. The van der Waals surface area contributed by atoms with Crippen LogP contribution in [0, 0.1) is 11.8 Å². The fourth-order valence-corrected chi connectivity index (χ4v) is 4.12. The van der Waals surface area contributed by atoms with E-state index in [0.29, 0.717) is 17.6 Å². The van der Waals surface area contributed by atoms with Gasteiger partial charge in [0.15, 0.2) is 0 Å². The lowest BCUT2D eigenvalue weighted by atomic mass is 9.76. The van der Waals surface area contributed by atoms with Gasteiger partial charge in [0.2, 0.25) is 0 Å². The zero-order chi connectivity index (χ0) is 12.6. The Hall–Kier alpha value is -0.670. The predicted octanol–water partition coefficient (Wildman–Crippen LogP) is -0.364. The van der Waals surface area contributed by atoms with E-state index in [4.69, 9.17) is 0 Å². The molecule has 0 amide bonds. The van der Waals surface area contributed by atoms with Crippen LogP contribution in [0.5, 0.6) is 0 Å². The summed E-state index contributed by atoms with van der Waals surface area (Å²) >= 11 is 0. The van der Waals surface area contributed by atoms with Gasteiger partial charge in [0.25, 0.3) is 0 Å². The summed E-state index contributed by atoms with van der Waals surface area (Å²) in [6, 6.07) is 10.8. The van der Waals surface area contributed by atoms with Gasteiger partial charge in [0.05, 0.1) is 20.1 Å². The van der Waals surface area contributed by atoms with E-state index in [2.05, 4.69) is 37.4 Å². The van der Waals surface area contributed by atoms with E-state index >= 15 is 0 Å². The van der Waals surface area contributed by atoms with Gasteiger partial charge in [-0.25, -0.2) is 0 Å². The highest BCUT2D eigenvalue weighted by Crippen LogP contribution is 2.36. The number of likely N-dealkylation sites (tertiary alicyclic amines) is 1. The summed E-state index contributed by atoms with van der Waals surface area (Å²) in [5.74, 6) is 1.78. The maximum atomic E-state index is 11.6. The maximum Gasteiger partial charge on any atom is 0.133 e. The fourth-order valence-electron chi connectivity index (χ4n) is 4.12. The average molecular weight is 324 g/mol. The van der Waals surface area contributed by atoms with Crippen molar-refractivity contribution in [3.05, 3.63) is 35.9 Å². The molecule has 2 nitrogen and oxygen atoms in total. The predicted molar refractivity (Wildman–Crippen MR) is 71.9 cm³/mol. The number of halogens is 1. The molecule has 1 saturated heterocycles. The maximum absolute atomic E-state index is 11.6. The number of carbonyl (C=O) groups excluding carboxylic acids is 1. The highest BCUT2D eigenvalue weighted by molar-refractivity contribution is 5.79. The number of ketones is 1. The molecule has 1 aliphatic carbocycles. The molecule has 3 rings (SSSR count). The molecule has 1 aromatic rings. The summed E-state index contributed by atoms with van der Waals surface area (Å²) in [4.78, 5) is 11.6. The topological polar surface area (TPSA) is 17.1 Å². The van der Waals surface area contributed by atoms with Gasteiger partial charge in [-0.3, -0.25) is 4.79 Å². The summed E-state index contributed by atoms with van der Waals surface area (Å²) in [5, 5.41) is 0. The van der Waals surface area contributed by atoms with Crippen LogP contribution in [0.25, 0.3) is 0 Å². The summed E-state index contributed by atoms with van der Waals surface area (Å²) < 4.78 is 1.12. The molecule has 0 radical (unpaired) electrons. The molecule has 0 aromatic heterocycles. The largest absolute Gasteiger partial charge is 1.00 e. The number of nitrogens with zero attached hydrogens (tertiary/aromatic N) is 1. The normalized spacial score (nSPS) is 33.6. The van der Waals surface area contributed by atoms with E-state index in [1.54, 1.807) is 0 Å². The van der Waals surface area contributed by atoms with Crippen LogP contribution in [-0.4, -0.2) is 30.4 Å². The molecule has 1 heterocycles. The van der Waals surface area contributed by atoms with Crippen molar-refractivity contribution in [3.63, 3.8) is 0 Å². The highest BCUT2D eigenvalue weighted by atomic mass is 79.9. The number of rotatable bonds is 2. The quantitative estimate of drug-likeness (QED) is 0.679. The molecule has 2 fully saturated rings. The van der Waals surface area contributed by atoms with Crippen LogP contribution in [0.15, 0.2) is 30.3 Å². The lowest BCUT2D eigenvalue weighted by molar-refractivity contribution is -0.934. The Morgan fingerprint density at radius 2 is 1.68 bits per heavy atom. The Balaban J connectivity index is 0.00000133. The van der Waals surface area contributed by atoms with Crippen molar-refractivity contribution in [1.29, 1.82) is 0 Å². The molecule has 3 heteroatoms. The van der Waals surface area contributed by atoms with Gasteiger partial charge in [-0.15, -0.1) is 0 Å². The van der Waals surface area contributed by atoms with E-state index in [1.165, 1.54) is 25.1 Å². The molecule has 1 aromatic carbocycles. The van der Waals surface area contributed by atoms with Crippen molar-refractivity contribution < 1.29 is 26.3 Å². The Kier molecular flexibility index (Phi) is 4.46. The molecule has 1 unspecified atom stereocenters. The van der Waals surface area contributed by atoms with Gasteiger partial charge < -0.3 is 21.5 Å². The third-order valence-electron chi connectivity index (χ3n) is 4.50. The van der Waals surface area contributed by atoms with Crippen molar-refractivity contribution in [1.82, 2.24) is 0 Å². The first kappa shape index (κ1) is 14.7. The standard InChI is InChI=1S/C16H22NO.BrH/c1-17(10-13-5-3-2-4-6-13)11-14-7-15(12-17)9-16(18)8-14;/h2-6,14-15H,7-12H2,1H3;1H/q+1;/p-1/t14-,15+,17?;. The van der Waals surface area contributed by atoms with Crippen molar-refractivity contribution in [2.45, 2.75) is 25.8 Å². The summed E-state index contributed by atoms with van der Waals surface area (Å²) in [6.07, 6.45) is 2.95. The van der Waals surface area contributed by atoms with Crippen LogP contribution in [0.3, 0.4) is 0 Å². The third kappa shape index (κ3) is 3.46. The Morgan fingerprint density at radius 3 is 2.26 bits per heavy atom. The van der Waals surface area contributed by atoms with Crippen LogP contribution >= 0.6 is 0 Å². The second kappa shape index (κ2) is 5.76. The molecule has 2 aliphatic rings. The Bertz CT molecular complexity index is 429. The highest BCUT2D eigenvalue weighted by Gasteiger charge is 2.41. The average Bonchev–Trinajstić information content (AvgIpc) is 2.27. The molecule has 1 aliphatic heterocycles. The van der Waals surface area contributed by atoms with Gasteiger partial charge >= 0.3 is 0 Å². The number of hydrogen-bond acceptors (Lipinski definition) is 1. The Morgan fingerprint density at radius 1 is 1.11 bits per heavy atom. The van der Waals surface area contributed by atoms with Crippen molar-refractivity contribution >= 4 is 5.78 Å².